The van der Waals surface area contributed by atoms with Crippen molar-refractivity contribution >= 4 is 58.0 Å². The fourth-order valence-corrected chi connectivity index (χ4v) is 9.29. The van der Waals surface area contributed by atoms with Crippen molar-refractivity contribution in [1.82, 2.24) is 39.0 Å². The molecule has 10 N–H and O–H groups in total. The summed E-state index contributed by atoms with van der Waals surface area (Å²) in [4.78, 5) is 68.4. The molecule has 0 aromatic carbocycles. The predicted molar refractivity (Wildman–Crippen MR) is 189 cm³/mol. The fraction of sp³-hybridized carbons (Fsp3) is 0.630. The lowest BCUT2D eigenvalue weighted by atomic mass is 10.1. The number of nitrogens with zero attached hydrogens (tertiary/aromatic N) is 6. The van der Waals surface area contributed by atoms with Gasteiger partial charge in [0.25, 0.3) is 11.1 Å². The lowest BCUT2D eigenvalue weighted by Gasteiger charge is -2.40. The van der Waals surface area contributed by atoms with E-state index >= 15 is 0 Å². The molecule has 0 spiro atoms. The molecule has 0 amide bonds. The largest absolute Gasteiger partial charge is 0.472 e. The summed E-state index contributed by atoms with van der Waals surface area (Å²) < 4.78 is 71.6. The van der Waals surface area contributed by atoms with E-state index in [1.165, 1.54) is 21.8 Å². The number of H-pyrrole nitrogens is 2. The van der Waals surface area contributed by atoms with Crippen LogP contribution in [-0.4, -0.2) is 113 Å². The molecule has 3 fully saturated rings. The first-order chi connectivity index (χ1) is 25.1. The van der Waals surface area contributed by atoms with Crippen molar-refractivity contribution in [3.8, 4) is 0 Å². The molecule has 27 heteroatoms. The second kappa shape index (κ2) is 13.7. The minimum Gasteiger partial charge on any atom is -0.407 e. The molecule has 7 heterocycles. The Labute approximate surface area is 305 Å². The number of imidazole rings is 2. The number of nitrogens with two attached hydrogens (primary N) is 3. The molecule has 4 aromatic heterocycles. The van der Waals surface area contributed by atoms with Gasteiger partial charge in [-0.05, 0) is 18.1 Å². The zero-order chi connectivity index (χ0) is 39.1. The molecule has 10 atom stereocenters. The zero-order valence-electron chi connectivity index (χ0n) is 29.6. The monoisotopic (exact) mass is 817 g/mol. The van der Waals surface area contributed by atoms with Gasteiger partial charge in [0.1, 0.15) is 36.9 Å². The van der Waals surface area contributed by atoms with Crippen molar-refractivity contribution in [3.05, 3.63) is 33.4 Å². The fourth-order valence-electron chi connectivity index (χ4n) is 6.21. The number of nitrogens with one attached hydrogen (secondary N) is 2. The van der Waals surface area contributed by atoms with Gasteiger partial charge in [0.05, 0.1) is 31.9 Å². The molecular formula is C27H41N11O13P2Si. The predicted octanol–water partition coefficient (Wildman–Crippen LogP) is -0.00980. The Bertz CT molecular complexity index is 2290. The third kappa shape index (κ3) is 7.20. The van der Waals surface area contributed by atoms with E-state index < -0.39 is 103 Å². The second-order valence-electron chi connectivity index (χ2n) is 14.6. The van der Waals surface area contributed by atoms with E-state index in [-0.39, 0.29) is 39.3 Å². The highest BCUT2D eigenvalue weighted by molar-refractivity contribution is 7.52. The number of fused-ring (bicyclic) bond motifs is 4. The van der Waals surface area contributed by atoms with Crippen LogP contribution in [0.1, 0.15) is 33.2 Å². The maximum atomic E-state index is 13.6. The Hall–Kier alpha value is -3.42. The highest BCUT2D eigenvalue weighted by Crippen LogP contribution is 2.52. The summed E-state index contributed by atoms with van der Waals surface area (Å²) in [5.74, 6) is -0.419. The lowest BCUT2D eigenvalue weighted by molar-refractivity contribution is -0.0582. The molecular weight excluding hydrogens is 776 g/mol. The molecule has 0 saturated carbocycles. The Balaban J connectivity index is 1.23. The highest BCUT2D eigenvalue weighted by Gasteiger charge is 2.54. The SMILES string of the molecule is CC(C)(C)[Si](C)(C)OC1C(n2cnc3c(=O)[nH]c(N)nc32)OC2COP(=O)(O)O[C@@H]3C(COP(=O)(O)CO[C@H]21)O[C@@H](n1cnc2c(=O)[nH]c(N)nc21)[C@@H]3N. The van der Waals surface area contributed by atoms with Crippen LogP contribution in [-0.2, 0) is 41.3 Å². The van der Waals surface area contributed by atoms with Gasteiger partial charge in [-0.15, -0.1) is 0 Å². The first-order valence-electron chi connectivity index (χ1n) is 16.6. The van der Waals surface area contributed by atoms with Crippen molar-refractivity contribution in [1.29, 1.82) is 0 Å². The molecule has 0 aliphatic carbocycles. The Kier molecular flexibility index (Phi) is 9.82. The number of ether oxygens (including phenoxy) is 3. The molecule has 3 aliphatic heterocycles. The summed E-state index contributed by atoms with van der Waals surface area (Å²) in [6.45, 7) is 8.57. The van der Waals surface area contributed by atoms with Crippen LogP contribution in [0.3, 0.4) is 0 Å². The molecule has 0 bridgehead atoms. The average molecular weight is 818 g/mol. The van der Waals surface area contributed by atoms with Crippen LogP contribution in [0.15, 0.2) is 22.2 Å². The van der Waals surface area contributed by atoms with Crippen molar-refractivity contribution < 1.29 is 51.1 Å². The second-order valence-corrected chi connectivity index (χ2v) is 22.6. The van der Waals surface area contributed by atoms with Gasteiger partial charge < -0.3 is 50.1 Å². The number of rotatable bonds is 4. The van der Waals surface area contributed by atoms with E-state index in [1.54, 1.807) is 0 Å². The number of phosphoric acid groups is 1. The normalized spacial score (nSPS) is 34.3. The molecule has 4 aromatic rings. The third-order valence-corrected chi connectivity index (χ3v) is 16.4. The van der Waals surface area contributed by atoms with Gasteiger partial charge in [0.2, 0.25) is 11.9 Å². The van der Waals surface area contributed by atoms with E-state index in [0.29, 0.717) is 0 Å². The van der Waals surface area contributed by atoms with Gasteiger partial charge in [0.15, 0.2) is 43.1 Å². The van der Waals surface area contributed by atoms with Crippen LogP contribution >= 0.6 is 15.4 Å². The summed E-state index contributed by atoms with van der Waals surface area (Å²) in [5.41, 5.74) is 16.7. The van der Waals surface area contributed by atoms with Crippen LogP contribution < -0.4 is 28.3 Å². The average Bonchev–Trinajstić information content (AvgIpc) is 3.81. The number of nitrogen functional groups attached to an aromatic ring is 2. The number of hydrogen-bond donors (Lipinski definition) is 7. The number of hydrogen-bond acceptors (Lipinski definition) is 18. The maximum Gasteiger partial charge on any atom is 0.472 e. The van der Waals surface area contributed by atoms with Gasteiger partial charge >= 0.3 is 15.4 Å². The van der Waals surface area contributed by atoms with E-state index in [0.717, 1.165) is 0 Å². The summed E-state index contributed by atoms with van der Waals surface area (Å²) in [6, 6.07) is -1.28. The molecule has 24 nitrogen and oxygen atoms in total. The number of aromatic nitrogens is 8. The van der Waals surface area contributed by atoms with Crippen LogP contribution in [0.5, 0.6) is 0 Å². The van der Waals surface area contributed by atoms with E-state index in [2.05, 4.69) is 29.9 Å². The van der Waals surface area contributed by atoms with Gasteiger partial charge in [-0.3, -0.25) is 42.3 Å². The summed E-state index contributed by atoms with van der Waals surface area (Å²) in [6.07, 6.45) is -7.18. The first-order valence-corrected chi connectivity index (χ1v) is 22.7. The van der Waals surface area contributed by atoms with Gasteiger partial charge in [-0.25, -0.2) is 14.5 Å². The molecule has 7 rings (SSSR count). The third-order valence-electron chi connectivity index (χ3n) is 9.89. The topological polar surface area (TPSA) is 344 Å². The van der Waals surface area contributed by atoms with E-state index in [4.69, 9.17) is 49.4 Å². The minimum absolute atomic E-state index is 0.0160. The Morgan fingerprint density at radius 1 is 0.889 bits per heavy atom. The highest BCUT2D eigenvalue weighted by atomic mass is 31.2. The summed E-state index contributed by atoms with van der Waals surface area (Å²) in [5, 5.41) is -0.355. The van der Waals surface area contributed by atoms with E-state index in [9.17, 15) is 28.5 Å². The number of anilines is 2. The number of phosphoric ester groups is 1. The van der Waals surface area contributed by atoms with Gasteiger partial charge in [-0.1, -0.05) is 20.8 Å². The zero-order valence-corrected chi connectivity index (χ0v) is 32.4. The van der Waals surface area contributed by atoms with Crippen LogP contribution in [0.25, 0.3) is 22.3 Å². The summed E-state index contributed by atoms with van der Waals surface area (Å²) >= 11 is 0. The van der Waals surface area contributed by atoms with Gasteiger partial charge in [-0.2, -0.15) is 9.97 Å². The Morgan fingerprint density at radius 2 is 1.41 bits per heavy atom. The number of aromatic amines is 2. The van der Waals surface area contributed by atoms with Crippen molar-refractivity contribution in [2.45, 2.75) is 87.9 Å². The Morgan fingerprint density at radius 3 is 1.98 bits per heavy atom. The van der Waals surface area contributed by atoms with Crippen molar-refractivity contribution in [2.75, 3.05) is 31.0 Å². The summed E-state index contributed by atoms with van der Waals surface area (Å²) in [7, 11) is -12.4. The quantitative estimate of drug-likeness (QED) is 0.105. The molecule has 54 heavy (non-hydrogen) atoms. The molecule has 296 valence electrons. The van der Waals surface area contributed by atoms with Crippen molar-refractivity contribution in [3.63, 3.8) is 0 Å². The van der Waals surface area contributed by atoms with Crippen LogP contribution in [0.4, 0.5) is 11.9 Å². The minimum atomic E-state index is -5.05. The van der Waals surface area contributed by atoms with Crippen LogP contribution in [0, 0.1) is 0 Å². The molecule has 0 radical (unpaired) electrons. The standard InChI is InChI=1S/C27H41N11O13P2Si/c1-27(2,3)54(4,5)51-18-17-12(49-24(18)38-9-32-15-20(38)34-26(30)36-22(15)40)7-47-53(43,44)50-16-11(6-46-52(41,42)10-45-17)48-23(13(16)28)37-8-31-14-19(37)33-25(29)35-21(14)39/h8-9,11-13,16-18,23-24H,6-7,10,28H2,1-5H3,(H,41,42)(H,43,44)(H3,29,33,35,39)(H3,30,34,36,40)/t11?,12?,13-,16-,17-,18?,23-,24?/m1/s1. The molecule has 3 aliphatic rings. The maximum absolute atomic E-state index is 13.6. The van der Waals surface area contributed by atoms with Gasteiger partial charge in [0, 0.05) is 0 Å². The molecule has 3 saturated heterocycles. The molecule has 6 unspecified atom stereocenters. The van der Waals surface area contributed by atoms with E-state index in [1.807, 2.05) is 33.9 Å². The smallest absolute Gasteiger partial charge is 0.407 e. The van der Waals surface area contributed by atoms with Crippen LogP contribution in [0.2, 0.25) is 18.1 Å². The first kappa shape index (κ1) is 38.8. The van der Waals surface area contributed by atoms with Crippen molar-refractivity contribution in [2.24, 2.45) is 5.73 Å². The lowest BCUT2D eigenvalue weighted by Crippen LogP contribution is -2.49.